The lowest BCUT2D eigenvalue weighted by Crippen LogP contribution is -2.38. The van der Waals surface area contributed by atoms with Gasteiger partial charge in [-0.15, -0.1) is 0 Å². The molecule has 0 aromatic heterocycles. The minimum absolute atomic E-state index is 0.218. The fourth-order valence-electron chi connectivity index (χ4n) is 2.17. The number of hydrogen-bond acceptors (Lipinski definition) is 2. The van der Waals surface area contributed by atoms with E-state index in [4.69, 9.17) is 5.26 Å². The van der Waals surface area contributed by atoms with Crippen LogP contribution in [0.3, 0.4) is 0 Å². The summed E-state index contributed by atoms with van der Waals surface area (Å²) in [5, 5.41) is 15.3. The lowest BCUT2D eigenvalue weighted by Gasteiger charge is -2.11. The number of nitrogens with zero attached hydrogens (tertiary/aromatic N) is 2. The van der Waals surface area contributed by atoms with Crippen LogP contribution in [0.15, 0.2) is 53.5 Å². The third-order valence-electron chi connectivity index (χ3n) is 3.47. The van der Waals surface area contributed by atoms with Crippen molar-refractivity contribution in [1.82, 2.24) is 10.6 Å². The minimum atomic E-state index is -0.218. The molecule has 4 nitrogen and oxygen atoms in total. The Kier molecular flexibility index (Phi) is 6.78. The van der Waals surface area contributed by atoms with Gasteiger partial charge in [0.15, 0.2) is 5.96 Å². The Hall–Kier alpha value is -2.87. The molecule has 2 aromatic carbocycles. The van der Waals surface area contributed by atoms with Crippen LogP contribution in [-0.2, 0) is 13.0 Å². The maximum Gasteiger partial charge on any atom is 0.191 e. The number of halogens is 1. The zero-order valence-corrected chi connectivity index (χ0v) is 13.7. The van der Waals surface area contributed by atoms with E-state index in [0.717, 1.165) is 30.1 Å². The smallest absolute Gasteiger partial charge is 0.191 e. The van der Waals surface area contributed by atoms with Gasteiger partial charge in [-0.2, -0.15) is 5.26 Å². The molecule has 0 radical (unpaired) electrons. The van der Waals surface area contributed by atoms with E-state index in [1.54, 1.807) is 24.3 Å². The first-order chi connectivity index (χ1) is 11.7. The lowest BCUT2D eigenvalue weighted by molar-refractivity contribution is 0.626. The predicted octanol–water partition coefficient (Wildman–Crippen LogP) is 3.00. The van der Waals surface area contributed by atoms with Crippen molar-refractivity contribution >= 4 is 5.96 Å². The fraction of sp³-hybridized carbons (Fsp3) is 0.263. The summed E-state index contributed by atoms with van der Waals surface area (Å²) in [5.41, 5.74) is 2.77. The average molecular weight is 324 g/mol. The summed E-state index contributed by atoms with van der Waals surface area (Å²) < 4.78 is 12.9. The zero-order chi connectivity index (χ0) is 17.2. The van der Waals surface area contributed by atoms with Gasteiger partial charge in [0.05, 0.1) is 18.2 Å². The average Bonchev–Trinajstić information content (AvgIpc) is 2.62. The van der Waals surface area contributed by atoms with Crippen molar-refractivity contribution < 1.29 is 4.39 Å². The predicted molar refractivity (Wildman–Crippen MR) is 94.1 cm³/mol. The monoisotopic (exact) mass is 324 g/mol. The number of guanidine groups is 1. The van der Waals surface area contributed by atoms with Gasteiger partial charge in [0, 0.05) is 13.1 Å². The van der Waals surface area contributed by atoms with E-state index in [0.29, 0.717) is 18.7 Å². The Morgan fingerprint density at radius 1 is 1.04 bits per heavy atom. The summed E-state index contributed by atoms with van der Waals surface area (Å²) in [4.78, 5) is 4.54. The largest absolute Gasteiger partial charge is 0.357 e. The van der Waals surface area contributed by atoms with Crippen LogP contribution in [0.25, 0.3) is 0 Å². The quantitative estimate of drug-likeness (QED) is 0.634. The molecule has 0 unspecified atom stereocenters. The topological polar surface area (TPSA) is 60.2 Å². The van der Waals surface area contributed by atoms with Crippen LogP contribution in [0.1, 0.15) is 23.6 Å². The zero-order valence-electron chi connectivity index (χ0n) is 13.7. The van der Waals surface area contributed by atoms with Crippen LogP contribution in [0, 0.1) is 17.1 Å². The first kappa shape index (κ1) is 17.5. The van der Waals surface area contributed by atoms with Gasteiger partial charge in [0.1, 0.15) is 5.82 Å². The standard InChI is InChI=1S/C19H21FN4/c1-2-22-19(23-12-11-15-7-9-18(20)10-8-15)24-14-17-5-3-16(13-21)4-6-17/h3-10H,2,11-12,14H2,1H3,(H2,22,23,24). The van der Waals surface area contributed by atoms with Crippen LogP contribution in [0.2, 0.25) is 0 Å². The molecule has 0 bridgehead atoms. The van der Waals surface area contributed by atoms with E-state index in [-0.39, 0.29) is 5.82 Å². The third kappa shape index (κ3) is 5.73. The molecular formula is C19H21FN4. The highest BCUT2D eigenvalue weighted by atomic mass is 19.1. The molecule has 0 saturated heterocycles. The summed E-state index contributed by atoms with van der Waals surface area (Å²) in [6.07, 6.45) is 0.793. The molecule has 0 heterocycles. The Morgan fingerprint density at radius 2 is 1.71 bits per heavy atom. The molecule has 0 atom stereocenters. The van der Waals surface area contributed by atoms with Gasteiger partial charge < -0.3 is 10.6 Å². The Bertz CT molecular complexity index is 700. The Labute approximate surface area is 142 Å². The molecule has 0 aliphatic heterocycles. The van der Waals surface area contributed by atoms with E-state index in [2.05, 4.69) is 21.7 Å². The number of nitrogens with one attached hydrogen (secondary N) is 2. The van der Waals surface area contributed by atoms with E-state index in [1.807, 2.05) is 19.1 Å². The summed E-state index contributed by atoms with van der Waals surface area (Å²) in [6.45, 7) is 4.04. The van der Waals surface area contributed by atoms with E-state index in [9.17, 15) is 4.39 Å². The minimum Gasteiger partial charge on any atom is -0.357 e. The van der Waals surface area contributed by atoms with E-state index in [1.165, 1.54) is 12.1 Å². The van der Waals surface area contributed by atoms with Crippen molar-refractivity contribution in [2.24, 2.45) is 4.99 Å². The maximum atomic E-state index is 12.9. The summed E-state index contributed by atoms with van der Waals surface area (Å²) in [7, 11) is 0. The molecule has 0 aliphatic rings. The van der Waals surface area contributed by atoms with Gasteiger partial charge in [-0.1, -0.05) is 24.3 Å². The molecule has 0 saturated carbocycles. The van der Waals surface area contributed by atoms with E-state index >= 15 is 0 Å². The van der Waals surface area contributed by atoms with Crippen molar-refractivity contribution in [3.8, 4) is 6.07 Å². The van der Waals surface area contributed by atoms with Gasteiger partial charge >= 0.3 is 0 Å². The molecule has 0 amide bonds. The van der Waals surface area contributed by atoms with Crippen molar-refractivity contribution in [2.75, 3.05) is 13.1 Å². The Balaban J connectivity index is 1.87. The van der Waals surface area contributed by atoms with Gasteiger partial charge in [-0.05, 0) is 48.7 Å². The SMILES string of the molecule is CCNC(=NCc1ccc(C#N)cc1)NCCc1ccc(F)cc1. The molecule has 24 heavy (non-hydrogen) atoms. The van der Waals surface area contributed by atoms with Crippen molar-refractivity contribution in [3.05, 3.63) is 71.0 Å². The summed E-state index contributed by atoms with van der Waals surface area (Å²) in [5.74, 6) is 0.521. The van der Waals surface area contributed by atoms with Crippen LogP contribution < -0.4 is 10.6 Å². The van der Waals surface area contributed by atoms with E-state index < -0.39 is 0 Å². The molecular weight excluding hydrogens is 303 g/mol. The van der Waals surface area contributed by atoms with Crippen molar-refractivity contribution in [3.63, 3.8) is 0 Å². The van der Waals surface area contributed by atoms with Crippen LogP contribution in [0.5, 0.6) is 0 Å². The van der Waals surface area contributed by atoms with Gasteiger partial charge in [-0.3, -0.25) is 0 Å². The summed E-state index contributed by atoms with van der Waals surface area (Å²) in [6, 6.07) is 16.0. The molecule has 2 aromatic rings. The number of benzene rings is 2. The molecule has 5 heteroatoms. The number of aliphatic imine (C=N–C) groups is 1. The fourth-order valence-corrected chi connectivity index (χ4v) is 2.17. The van der Waals surface area contributed by atoms with Crippen LogP contribution >= 0.6 is 0 Å². The van der Waals surface area contributed by atoms with Gasteiger partial charge in [-0.25, -0.2) is 9.38 Å². The van der Waals surface area contributed by atoms with Crippen molar-refractivity contribution in [1.29, 1.82) is 5.26 Å². The Morgan fingerprint density at radius 3 is 2.33 bits per heavy atom. The maximum absolute atomic E-state index is 12.9. The molecule has 2 N–H and O–H groups in total. The number of nitriles is 1. The van der Waals surface area contributed by atoms with Crippen LogP contribution in [0.4, 0.5) is 4.39 Å². The number of rotatable bonds is 6. The normalized spacial score (nSPS) is 11.0. The molecule has 0 aliphatic carbocycles. The second-order valence-electron chi connectivity index (χ2n) is 5.31. The molecule has 124 valence electrons. The summed E-state index contributed by atoms with van der Waals surface area (Å²) >= 11 is 0. The van der Waals surface area contributed by atoms with Crippen molar-refractivity contribution in [2.45, 2.75) is 19.9 Å². The molecule has 0 fully saturated rings. The molecule has 0 spiro atoms. The van der Waals surface area contributed by atoms with Gasteiger partial charge in [0.2, 0.25) is 0 Å². The highest BCUT2D eigenvalue weighted by Crippen LogP contribution is 2.05. The second-order valence-corrected chi connectivity index (χ2v) is 5.31. The van der Waals surface area contributed by atoms with Gasteiger partial charge in [0.25, 0.3) is 0 Å². The highest BCUT2D eigenvalue weighted by molar-refractivity contribution is 5.79. The lowest BCUT2D eigenvalue weighted by atomic mass is 10.1. The highest BCUT2D eigenvalue weighted by Gasteiger charge is 1.99. The third-order valence-corrected chi connectivity index (χ3v) is 3.47. The second kappa shape index (κ2) is 9.31. The first-order valence-corrected chi connectivity index (χ1v) is 7.97. The van der Waals surface area contributed by atoms with Crippen LogP contribution in [-0.4, -0.2) is 19.0 Å². The first-order valence-electron chi connectivity index (χ1n) is 7.97. The molecule has 2 rings (SSSR count). The number of hydrogen-bond donors (Lipinski definition) is 2.